The molecule has 0 amide bonds. The molecule has 5 atom stereocenters. The predicted octanol–water partition coefficient (Wildman–Crippen LogP) is 12.4. The van der Waals surface area contributed by atoms with E-state index in [0.29, 0.717) is 35.0 Å². The minimum absolute atomic E-state index is 0. The van der Waals surface area contributed by atoms with E-state index >= 15 is 0 Å². The Morgan fingerprint density at radius 3 is 1.55 bits per heavy atom. The minimum atomic E-state index is -2.26. The second-order valence-corrected chi connectivity index (χ2v) is 22.8. The molecule has 1 saturated carbocycles. The summed E-state index contributed by atoms with van der Waals surface area (Å²) in [6.07, 6.45) is 0. The molecule has 254 valence electrons. The van der Waals surface area contributed by atoms with Gasteiger partial charge in [0.2, 0.25) is 0 Å². The van der Waals surface area contributed by atoms with Crippen molar-refractivity contribution in [3.63, 3.8) is 0 Å². The molecule has 0 aliphatic heterocycles. The van der Waals surface area contributed by atoms with Crippen molar-refractivity contribution in [2.45, 2.75) is 98.7 Å². The average Bonchev–Trinajstić information content (AvgIpc) is 3.30. The summed E-state index contributed by atoms with van der Waals surface area (Å²) in [6.45, 7) is 28.8. The average molecular weight is 725 g/mol. The number of rotatable bonds is 6. The number of hydrogen-bond donors (Lipinski definition) is 1. The SMILES string of the molecule is CC1=C(C)C2C(C)C(C)C([Si](C)(C)c3cc(C(C)(C)c4ccccc4)cc(C(C)(C)c4ccccc4)c3O)C2C(C)=C1C.[CH3-].[Cl][Ti][Cl]. The summed E-state index contributed by atoms with van der Waals surface area (Å²) in [4.78, 5) is 0. The van der Waals surface area contributed by atoms with E-state index in [1.165, 1.54) is 33.0 Å². The van der Waals surface area contributed by atoms with E-state index in [0.717, 1.165) is 5.56 Å². The van der Waals surface area contributed by atoms with Crippen LogP contribution >= 0.6 is 18.6 Å². The van der Waals surface area contributed by atoms with Crippen LogP contribution in [0.2, 0.25) is 18.6 Å². The van der Waals surface area contributed by atoms with Crippen LogP contribution in [0, 0.1) is 31.1 Å². The normalized spacial score (nSPS) is 23.1. The Morgan fingerprint density at radius 2 is 1.09 bits per heavy atom. The number of hydrogen-bond acceptors (Lipinski definition) is 1. The molecule has 3 aromatic rings. The van der Waals surface area contributed by atoms with Crippen LogP contribution in [0.25, 0.3) is 0 Å². The molecule has 0 heterocycles. The van der Waals surface area contributed by atoms with Crippen molar-refractivity contribution in [2.75, 3.05) is 0 Å². The molecular formula is C42H57Cl2OSiTi-. The van der Waals surface area contributed by atoms with Crippen LogP contribution in [0.5, 0.6) is 5.75 Å². The number of benzene rings is 3. The molecule has 5 unspecified atom stereocenters. The first-order valence-electron chi connectivity index (χ1n) is 16.8. The van der Waals surface area contributed by atoms with Crippen LogP contribution in [0.15, 0.2) is 95.1 Å². The van der Waals surface area contributed by atoms with Crippen molar-refractivity contribution in [1.82, 2.24) is 0 Å². The Bertz CT molecular complexity index is 1610. The Hall–Kier alpha value is -1.55. The summed E-state index contributed by atoms with van der Waals surface area (Å²) in [5.41, 5.74) is 11.0. The summed E-state index contributed by atoms with van der Waals surface area (Å²) in [7, 11) is 7.52. The number of phenolic OH excluding ortho intramolecular Hbond substituents is 1. The first-order chi connectivity index (χ1) is 21.5. The maximum absolute atomic E-state index is 12.5. The Balaban J connectivity index is 0.00000144. The Kier molecular flexibility index (Phi) is 12.8. The fraction of sp³-hybridized carbons (Fsp3) is 0.452. The molecule has 3 aromatic carbocycles. The van der Waals surface area contributed by atoms with Crippen LogP contribution in [-0.4, -0.2) is 13.2 Å². The first-order valence-corrected chi connectivity index (χ1v) is 24.1. The molecule has 1 fully saturated rings. The third-order valence-electron chi connectivity index (χ3n) is 12.5. The van der Waals surface area contributed by atoms with E-state index < -0.39 is 25.1 Å². The number of phenols is 1. The van der Waals surface area contributed by atoms with Gasteiger partial charge in [-0.15, -0.1) is 0 Å². The molecule has 0 saturated heterocycles. The fourth-order valence-electron chi connectivity index (χ4n) is 9.11. The van der Waals surface area contributed by atoms with Gasteiger partial charge in [-0.25, -0.2) is 0 Å². The van der Waals surface area contributed by atoms with E-state index in [2.05, 4.69) is 155 Å². The first kappa shape index (κ1) is 39.9. The van der Waals surface area contributed by atoms with E-state index in [1.54, 1.807) is 11.1 Å². The summed E-state index contributed by atoms with van der Waals surface area (Å²) in [6, 6.07) is 26.4. The molecular weight excluding hydrogens is 667 g/mol. The van der Waals surface area contributed by atoms with Crippen molar-refractivity contribution in [1.29, 1.82) is 0 Å². The monoisotopic (exact) mass is 723 g/mol. The number of allylic oxidation sites excluding steroid dienone is 4. The zero-order valence-electron chi connectivity index (χ0n) is 31.0. The van der Waals surface area contributed by atoms with Crippen LogP contribution in [-0.2, 0) is 27.9 Å². The van der Waals surface area contributed by atoms with Crippen molar-refractivity contribution in [2.24, 2.45) is 23.7 Å². The van der Waals surface area contributed by atoms with E-state index in [-0.39, 0.29) is 18.3 Å². The predicted molar refractivity (Wildman–Crippen MR) is 206 cm³/mol. The third-order valence-corrected chi connectivity index (χ3v) is 16.8. The summed E-state index contributed by atoms with van der Waals surface area (Å²) in [5.74, 6) is 2.84. The van der Waals surface area contributed by atoms with Gasteiger partial charge in [-0.2, -0.15) is 0 Å². The summed E-state index contributed by atoms with van der Waals surface area (Å²) < 4.78 is 0. The second-order valence-electron chi connectivity index (χ2n) is 15.6. The van der Waals surface area contributed by atoms with Gasteiger partial charge in [0.15, 0.2) is 0 Å². The fourth-order valence-corrected chi connectivity index (χ4v) is 13.7. The van der Waals surface area contributed by atoms with Gasteiger partial charge in [0, 0.05) is 16.4 Å². The van der Waals surface area contributed by atoms with Crippen LogP contribution in [0.3, 0.4) is 0 Å². The van der Waals surface area contributed by atoms with Crippen LogP contribution in [0.1, 0.15) is 91.5 Å². The van der Waals surface area contributed by atoms with E-state index in [4.69, 9.17) is 18.6 Å². The van der Waals surface area contributed by atoms with E-state index in [1.807, 2.05) is 0 Å². The van der Waals surface area contributed by atoms with Gasteiger partial charge in [0.25, 0.3) is 0 Å². The van der Waals surface area contributed by atoms with Crippen molar-refractivity contribution in [3.05, 3.63) is 125 Å². The number of halogens is 2. The Labute approximate surface area is 305 Å². The van der Waals surface area contributed by atoms with Crippen molar-refractivity contribution in [3.8, 4) is 5.75 Å². The van der Waals surface area contributed by atoms with Crippen LogP contribution in [0.4, 0.5) is 0 Å². The van der Waals surface area contributed by atoms with Gasteiger partial charge in [-0.05, 0) is 89.9 Å². The molecule has 5 heteroatoms. The molecule has 0 spiro atoms. The van der Waals surface area contributed by atoms with Crippen LogP contribution < -0.4 is 5.19 Å². The molecule has 5 rings (SSSR count). The molecule has 2 aliphatic rings. The molecule has 0 bridgehead atoms. The van der Waals surface area contributed by atoms with Crippen molar-refractivity contribution < 1.29 is 22.1 Å². The number of fused-ring (bicyclic) bond motifs is 1. The number of aromatic hydroxyl groups is 1. The zero-order valence-corrected chi connectivity index (χ0v) is 35.1. The molecule has 0 radical (unpaired) electrons. The summed E-state index contributed by atoms with van der Waals surface area (Å²) >= 11 is -0.556. The maximum atomic E-state index is 12.5. The molecule has 1 nitrogen and oxygen atoms in total. The molecule has 0 aromatic heterocycles. The van der Waals surface area contributed by atoms with Gasteiger partial charge in [0.1, 0.15) is 5.75 Å². The van der Waals surface area contributed by atoms with Gasteiger partial charge in [-0.1, -0.05) is 139 Å². The van der Waals surface area contributed by atoms with Gasteiger partial charge >= 0.3 is 35.6 Å². The molecule has 2 aliphatic carbocycles. The van der Waals surface area contributed by atoms with Gasteiger partial charge in [-0.3, -0.25) is 0 Å². The molecule has 47 heavy (non-hydrogen) atoms. The van der Waals surface area contributed by atoms with Crippen molar-refractivity contribution >= 4 is 31.9 Å². The Morgan fingerprint density at radius 1 is 0.660 bits per heavy atom. The van der Waals surface area contributed by atoms with E-state index in [9.17, 15) is 5.11 Å². The summed E-state index contributed by atoms with van der Waals surface area (Å²) in [5, 5.41) is 13.7. The zero-order chi connectivity index (χ0) is 34.4. The standard InChI is InChI=1S/C41H54OSi.CH3.2ClH.Ti/c1-25-26(2)28(4)37-36(27(25)3)29(5)30(6)39(37)43(11,12)35-24-33(40(7,8)31-19-15-13-16-20-31)23-34(38(35)42)41(9,10)32-21-17-14-18-22-32;;;;/h13-24,29-30,36-37,39,42H,1-12H3;1H3;2*1H;/q;-1;;;+2/p-2. The van der Waals surface area contributed by atoms with Gasteiger partial charge < -0.3 is 12.5 Å². The van der Waals surface area contributed by atoms with Gasteiger partial charge in [0.05, 0.1) is 8.07 Å². The topological polar surface area (TPSA) is 20.2 Å². The second kappa shape index (κ2) is 15.1. The third kappa shape index (κ3) is 7.07. The quantitative estimate of drug-likeness (QED) is 0.198. The molecule has 1 N–H and O–H groups in total.